The van der Waals surface area contributed by atoms with Gasteiger partial charge in [-0.2, -0.15) is 0 Å². The van der Waals surface area contributed by atoms with Gasteiger partial charge in [-0.25, -0.2) is 18.7 Å². The molecule has 0 N–H and O–H groups in total. The van der Waals surface area contributed by atoms with Crippen LogP contribution in [0.5, 0.6) is 5.88 Å². The van der Waals surface area contributed by atoms with Crippen molar-refractivity contribution in [2.45, 2.75) is 18.9 Å². The maximum atomic E-state index is 13.2. The van der Waals surface area contributed by atoms with E-state index < -0.39 is 11.6 Å². The first-order chi connectivity index (χ1) is 11.1. The number of hydrogen-bond acceptors (Lipinski definition) is 4. The molecule has 0 saturated carbocycles. The van der Waals surface area contributed by atoms with Crippen molar-refractivity contribution in [3.63, 3.8) is 0 Å². The second kappa shape index (κ2) is 6.68. The Labute approximate surface area is 131 Å². The van der Waals surface area contributed by atoms with Gasteiger partial charge in [0, 0.05) is 43.8 Å². The number of nitrogens with zero attached hydrogens (tertiary/aromatic N) is 3. The van der Waals surface area contributed by atoms with Crippen LogP contribution in [0.3, 0.4) is 0 Å². The number of benzene rings is 1. The first kappa shape index (κ1) is 15.3. The molecule has 0 bridgehead atoms. The summed E-state index contributed by atoms with van der Waals surface area (Å²) >= 11 is 0. The van der Waals surface area contributed by atoms with Gasteiger partial charge in [0.2, 0.25) is 5.88 Å². The standard InChI is InChI=1S/C16H15F2N3O2/c17-13-2-1-11(9-14(13)18)16(22)21-7-4-12(5-8-21)23-15-3-6-19-10-20-15/h1-3,6,9-10,12H,4-5,7-8H2. The zero-order chi connectivity index (χ0) is 16.2. The average molecular weight is 319 g/mol. The molecule has 1 amide bonds. The Hall–Kier alpha value is -2.57. The Morgan fingerprint density at radius 3 is 2.61 bits per heavy atom. The summed E-state index contributed by atoms with van der Waals surface area (Å²) in [6.07, 6.45) is 4.29. The summed E-state index contributed by atoms with van der Waals surface area (Å²) in [7, 11) is 0. The third-order valence-electron chi connectivity index (χ3n) is 3.74. The Balaban J connectivity index is 1.58. The minimum absolute atomic E-state index is 0.0288. The van der Waals surface area contributed by atoms with Crippen LogP contribution in [0, 0.1) is 11.6 Å². The molecule has 120 valence electrons. The first-order valence-electron chi connectivity index (χ1n) is 7.30. The number of rotatable bonds is 3. The molecule has 1 fully saturated rings. The van der Waals surface area contributed by atoms with Crippen molar-refractivity contribution in [2.24, 2.45) is 0 Å². The predicted molar refractivity (Wildman–Crippen MR) is 77.9 cm³/mol. The highest BCUT2D eigenvalue weighted by Crippen LogP contribution is 2.19. The summed E-state index contributed by atoms with van der Waals surface area (Å²) in [4.78, 5) is 21.7. The van der Waals surface area contributed by atoms with Crippen molar-refractivity contribution in [2.75, 3.05) is 13.1 Å². The number of halogens is 2. The molecule has 0 unspecified atom stereocenters. The predicted octanol–water partition coefficient (Wildman–Crippen LogP) is 2.44. The zero-order valence-electron chi connectivity index (χ0n) is 12.3. The molecule has 23 heavy (non-hydrogen) atoms. The van der Waals surface area contributed by atoms with Crippen molar-refractivity contribution in [3.8, 4) is 5.88 Å². The lowest BCUT2D eigenvalue weighted by molar-refractivity contribution is 0.0587. The molecule has 0 spiro atoms. The van der Waals surface area contributed by atoms with E-state index >= 15 is 0 Å². The van der Waals surface area contributed by atoms with Crippen LogP contribution in [-0.4, -0.2) is 40.0 Å². The molecule has 2 heterocycles. The van der Waals surface area contributed by atoms with Crippen LogP contribution in [0.25, 0.3) is 0 Å². The van der Waals surface area contributed by atoms with E-state index in [0.717, 1.165) is 12.1 Å². The SMILES string of the molecule is O=C(c1ccc(F)c(F)c1)N1CCC(Oc2ccncn2)CC1. The molecular weight excluding hydrogens is 304 g/mol. The smallest absolute Gasteiger partial charge is 0.253 e. The average Bonchev–Trinajstić information content (AvgIpc) is 2.58. The maximum Gasteiger partial charge on any atom is 0.253 e. The highest BCUT2D eigenvalue weighted by Gasteiger charge is 2.25. The summed E-state index contributed by atoms with van der Waals surface area (Å²) < 4.78 is 31.9. The minimum atomic E-state index is -1.02. The van der Waals surface area contributed by atoms with Crippen molar-refractivity contribution < 1.29 is 18.3 Å². The maximum absolute atomic E-state index is 13.2. The van der Waals surface area contributed by atoms with E-state index in [1.807, 2.05) is 0 Å². The van der Waals surface area contributed by atoms with Crippen LogP contribution in [0.2, 0.25) is 0 Å². The zero-order valence-corrected chi connectivity index (χ0v) is 12.3. The number of amides is 1. The molecule has 2 aromatic rings. The van der Waals surface area contributed by atoms with Crippen molar-refractivity contribution in [3.05, 3.63) is 54.0 Å². The van der Waals surface area contributed by atoms with Crippen molar-refractivity contribution >= 4 is 5.91 Å². The highest BCUT2D eigenvalue weighted by molar-refractivity contribution is 5.94. The van der Waals surface area contributed by atoms with Gasteiger partial charge in [-0.3, -0.25) is 4.79 Å². The Morgan fingerprint density at radius 1 is 1.17 bits per heavy atom. The molecule has 7 heteroatoms. The second-order valence-electron chi connectivity index (χ2n) is 5.29. The number of carbonyl (C=O) groups is 1. The molecule has 0 radical (unpaired) electrons. The second-order valence-corrected chi connectivity index (χ2v) is 5.29. The van der Waals surface area contributed by atoms with Gasteiger partial charge in [0.25, 0.3) is 5.91 Å². The normalized spacial score (nSPS) is 15.5. The van der Waals surface area contributed by atoms with Crippen LogP contribution < -0.4 is 4.74 Å². The van der Waals surface area contributed by atoms with Crippen molar-refractivity contribution in [1.82, 2.24) is 14.9 Å². The largest absolute Gasteiger partial charge is 0.474 e. The summed E-state index contributed by atoms with van der Waals surface area (Å²) in [6.45, 7) is 0.987. The van der Waals surface area contributed by atoms with Crippen LogP contribution in [0.4, 0.5) is 8.78 Å². The highest BCUT2D eigenvalue weighted by atomic mass is 19.2. The van der Waals surface area contributed by atoms with E-state index in [9.17, 15) is 13.6 Å². The van der Waals surface area contributed by atoms with Gasteiger partial charge in [0.05, 0.1) is 0 Å². The fourth-order valence-electron chi connectivity index (χ4n) is 2.51. The summed E-state index contributed by atoms with van der Waals surface area (Å²) in [5.41, 5.74) is 0.152. The summed E-state index contributed by atoms with van der Waals surface area (Å²) in [5.74, 6) is -1.77. The number of likely N-dealkylation sites (tertiary alicyclic amines) is 1. The van der Waals surface area contributed by atoms with Gasteiger partial charge >= 0.3 is 0 Å². The molecule has 1 aliphatic rings. The molecule has 1 saturated heterocycles. The molecule has 3 rings (SSSR count). The van der Waals surface area contributed by atoms with Crippen LogP contribution in [0.1, 0.15) is 23.2 Å². The van der Waals surface area contributed by atoms with E-state index in [-0.39, 0.29) is 17.6 Å². The summed E-state index contributed by atoms with van der Waals surface area (Å²) in [6, 6.07) is 4.87. The lowest BCUT2D eigenvalue weighted by atomic mass is 10.1. The molecule has 5 nitrogen and oxygen atoms in total. The quantitative estimate of drug-likeness (QED) is 0.872. The Bertz CT molecular complexity index is 689. The molecule has 1 aromatic heterocycles. The van der Waals surface area contributed by atoms with Gasteiger partial charge in [-0.1, -0.05) is 0 Å². The number of piperidine rings is 1. The van der Waals surface area contributed by atoms with Gasteiger partial charge in [-0.05, 0) is 18.2 Å². The molecule has 1 aliphatic heterocycles. The van der Waals surface area contributed by atoms with E-state index in [4.69, 9.17) is 4.74 Å². The fourth-order valence-corrected chi connectivity index (χ4v) is 2.51. The van der Waals surface area contributed by atoms with Gasteiger partial charge in [-0.15, -0.1) is 0 Å². The van der Waals surface area contributed by atoms with E-state index in [0.29, 0.717) is 31.8 Å². The van der Waals surface area contributed by atoms with Crippen LogP contribution in [-0.2, 0) is 0 Å². The number of ether oxygens (including phenoxy) is 1. The number of carbonyl (C=O) groups excluding carboxylic acids is 1. The van der Waals surface area contributed by atoms with Gasteiger partial charge in [0.15, 0.2) is 11.6 Å². The fraction of sp³-hybridized carbons (Fsp3) is 0.312. The minimum Gasteiger partial charge on any atom is -0.474 e. The molecular formula is C16H15F2N3O2. The summed E-state index contributed by atoms with van der Waals surface area (Å²) in [5, 5.41) is 0. The monoisotopic (exact) mass is 319 g/mol. The third kappa shape index (κ3) is 3.61. The Kier molecular flexibility index (Phi) is 4.45. The van der Waals surface area contributed by atoms with E-state index in [2.05, 4.69) is 9.97 Å². The Morgan fingerprint density at radius 2 is 1.96 bits per heavy atom. The number of hydrogen-bond donors (Lipinski definition) is 0. The third-order valence-corrected chi connectivity index (χ3v) is 3.74. The van der Waals surface area contributed by atoms with Crippen LogP contribution >= 0.6 is 0 Å². The van der Waals surface area contributed by atoms with Gasteiger partial charge in [0.1, 0.15) is 12.4 Å². The van der Waals surface area contributed by atoms with E-state index in [1.54, 1.807) is 17.2 Å². The molecule has 0 atom stereocenters. The van der Waals surface area contributed by atoms with Crippen LogP contribution in [0.15, 0.2) is 36.8 Å². The van der Waals surface area contributed by atoms with Gasteiger partial charge < -0.3 is 9.64 Å². The number of aromatic nitrogens is 2. The lowest BCUT2D eigenvalue weighted by Crippen LogP contribution is -2.41. The topological polar surface area (TPSA) is 55.3 Å². The lowest BCUT2D eigenvalue weighted by Gasteiger charge is -2.32. The molecule has 1 aromatic carbocycles. The first-order valence-corrected chi connectivity index (χ1v) is 7.30. The van der Waals surface area contributed by atoms with Crippen molar-refractivity contribution in [1.29, 1.82) is 0 Å². The molecule has 0 aliphatic carbocycles. The van der Waals surface area contributed by atoms with E-state index in [1.165, 1.54) is 12.4 Å².